The third-order valence-electron chi connectivity index (χ3n) is 3.41. The molecule has 0 saturated carbocycles. The lowest BCUT2D eigenvalue weighted by Gasteiger charge is -2.07. The first-order chi connectivity index (χ1) is 10.9. The van der Waals surface area contributed by atoms with E-state index in [1.165, 1.54) is 0 Å². The number of aromatic nitrogens is 4. The van der Waals surface area contributed by atoms with Crippen LogP contribution in [0.3, 0.4) is 0 Å². The molecule has 0 aliphatic heterocycles. The standard InChI is InChI=1S/C16H13N5O/c1-2-6-17-13(3-1)9-19-15-4-7-18-16-14(10-20-21(15)16)12-5-8-22-11-12/h1-8,10-11,19H,9H2. The maximum absolute atomic E-state index is 5.13. The fourth-order valence-electron chi connectivity index (χ4n) is 2.33. The van der Waals surface area contributed by atoms with Crippen LogP contribution in [0.2, 0.25) is 0 Å². The zero-order chi connectivity index (χ0) is 14.8. The number of rotatable bonds is 4. The molecule has 0 fully saturated rings. The number of nitrogens with zero attached hydrogens (tertiary/aromatic N) is 4. The van der Waals surface area contributed by atoms with E-state index in [0.717, 1.165) is 28.3 Å². The molecule has 4 rings (SSSR count). The van der Waals surface area contributed by atoms with Crippen LogP contribution in [0, 0.1) is 0 Å². The molecular weight excluding hydrogens is 278 g/mol. The number of anilines is 1. The van der Waals surface area contributed by atoms with Gasteiger partial charge in [-0.25, -0.2) is 4.98 Å². The number of hydrogen-bond acceptors (Lipinski definition) is 5. The Hall–Kier alpha value is -3.15. The van der Waals surface area contributed by atoms with Crippen molar-refractivity contribution in [1.29, 1.82) is 0 Å². The normalized spacial score (nSPS) is 10.9. The van der Waals surface area contributed by atoms with Crippen LogP contribution in [0.1, 0.15) is 5.69 Å². The molecule has 4 heterocycles. The summed E-state index contributed by atoms with van der Waals surface area (Å²) < 4.78 is 6.92. The molecule has 0 saturated heterocycles. The summed E-state index contributed by atoms with van der Waals surface area (Å²) in [5.41, 5.74) is 3.65. The van der Waals surface area contributed by atoms with Gasteiger partial charge in [-0.15, -0.1) is 0 Å². The summed E-state index contributed by atoms with van der Waals surface area (Å²) in [6, 6.07) is 9.63. The highest BCUT2D eigenvalue weighted by molar-refractivity contribution is 5.77. The average molecular weight is 291 g/mol. The topological polar surface area (TPSA) is 68.2 Å². The van der Waals surface area contributed by atoms with Gasteiger partial charge in [0.1, 0.15) is 5.82 Å². The minimum atomic E-state index is 0.626. The van der Waals surface area contributed by atoms with E-state index in [0.29, 0.717) is 6.54 Å². The Morgan fingerprint density at radius 2 is 2.09 bits per heavy atom. The maximum atomic E-state index is 5.13. The van der Waals surface area contributed by atoms with E-state index in [4.69, 9.17) is 4.42 Å². The first-order valence-corrected chi connectivity index (χ1v) is 6.91. The van der Waals surface area contributed by atoms with E-state index < -0.39 is 0 Å². The number of nitrogens with one attached hydrogen (secondary N) is 1. The Labute approximate surface area is 126 Å². The van der Waals surface area contributed by atoms with Crippen LogP contribution in [-0.2, 0) is 6.54 Å². The summed E-state index contributed by atoms with van der Waals surface area (Å²) >= 11 is 0. The van der Waals surface area contributed by atoms with Gasteiger partial charge in [0, 0.05) is 23.5 Å². The summed E-state index contributed by atoms with van der Waals surface area (Å²) in [6.45, 7) is 0.626. The minimum absolute atomic E-state index is 0.626. The van der Waals surface area contributed by atoms with Gasteiger partial charge in [-0.2, -0.15) is 9.61 Å². The number of pyridine rings is 1. The Morgan fingerprint density at radius 3 is 2.91 bits per heavy atom. The maximum Gasteiger partial charge on any atom is 0.165 e. The van der Waals surface area contributed by atoms with E-state index in [1.54, 1.807) is 35.6 Å². The van der Waals surface area contributed by atoms with Crippen LogP contribution in [0.15, 0.2) is 65.9 Å². The van der Waals surface area contributed by atoms with E-state index in [9.17, 15) is 0 Å². The first-order valence-electron chi connectivity index (χ1n) is 6.91. The largest absolute Gasteiger partial charge is 0.472 e. The van der Waals surface area contributed by atoms with E-state index in [2.05, 4.69) is 20.4 Å². The molecule has 0 radical (unpaired) electrons. The predicted octanol–water partition coefficient (Wildman–Crippen LogP) is 3.00. The second-order valence-electron chi connectivity index (χ2n) is 4.81. The monoisotopic (exact) mass is 291 g/mol. The summed E-state index contributed by atoms with van der Waals surface area (Å²) in [7, 11) is 0. The Bertz CT molecular complexity index is 883. The Kier molecular flexibility index (Phi) is 3.05. The van der Waals surface area contributed by atoms with Crippen molar-refractivity contribution in [2.75, 3.05) is 5.32 Å². The van der Waals surface area contributed by atoms with Gasteiger partial charge in [0.05, 0.1) is 31.0 Å². The molecule has 0 atom stereocenters. The van der Waals surface area contributed by atoms with Crippen molar-refractivity contribution in [3.8, 4) is 11.1 Å². The van der Waals surface area contributed by atoms with Gasteiger partial charge in [-0.1, -0.05) is 6.07 Å². The van der Waals surface area contributed by atoms with Gasteiger partial charge < -0.3 is 9.73 Å². The van der Waals surface area contributed by atoms with Crippen LogP contribution < -0.4 is 5.32 Å². The molecule has 0 aromatic carbocycles. The van der Waals surface area contributed by atoms with Crippen LogP contribution >= 0.6 is 0 Å². The molecule has 4 aromatic heterocycles. The highest BCUT2D eigenvalue weighted by atomic mass is 16.3. The van der Waals surface area contributed by atoms with Crippen LogP contribution in [0.5, 0.6) is 0 Å². The predicted molar refractivity (Wildman–Crippen MR) is 82.3 cm³/mol. The number of hydrogen-bond donors (Lipinski definition) is 1. The fraction of sp³-hybridized carbons (Fsp3) is 0.0625. The second kappa shape index (κ2) is 5.33. The Balaban J connectivity index is 1.67. The third-order valence-corrected chi connectivity index (χ3v) is 3.41. The molecule has 0 amide bonds. The van der Waals surface area contributed by atoms with Gasteiger partial charge >= 0.3 is 0 Å². The summed E-state index contributed by atoms with van der Waals surface area (Å²) in [5, 5.41) is 7.75. The average Bonchev–Trinajstić information content (AvgIpc) is 3.22. The molecule has 22 heavy (non-hydrogen) atoms. The van der Waals surface area contributed by atoms with Gasteiger partial charge in [-0.3, -0.25) is 4.98 Å². The lowest BCUT2D eigenvalue weighted by Crippen LogP contribution is -2.06. The number of fused-ring (bicyclic) bond motifs is 1. The smallest absolute Gasteiger partial charge is 0.165 e. The Morgan fingerprint density at radius 1 is 1.09 bits per heavy atom. The summed E-state index contributed by atoms with van der Waals surface area (Å²) in [4.78, 5) is 8.72. The van der Waals surface area contributed by atoms with Crippen LogP contribution in [0.25, 0.3) is 16.8 Å². The molecule has 6 nitrogen and oxygen atoms in total. The van der Waals surface area contributed by atoms with Crippen molar-refractivity contribution in [2.45, 2.75) is 6.54 Å². The van der Waals surface area contributed by atoms with Gasteiger partial charge in [0.25, 0.3) is 0 Å². The molecule has 4 aromatic rings. The van der Waals surface area contributed by atoms with E-state index in [-0.39, 0.29) is 0 Å². The van der Waals surface area contributed by atoms with Crippen molar-refractivity contribution in [2.24, 2.45) is 0 Å². The highest BCUT2D eigenvalue weighted by Gasteiger charge is 2.11. The van der Waals surface area contributed by atoms with Crippen molar-refractivity contribution in [1.82, 2.24) is 19.6 Å². The fourth-order valence-corrected chi connectivity index (χ4v) is 2.33. The van der Waals surface area contributed by atoms with E-state index >= 15 is 0 Å². The summed E-state index contributed by atoms with van der Waals surface area (Å²) in [5.74, 6) is 0.866. The van der Waals surface area contributed by atoms with E-state index in [1.807, 2.05) is 30.3 Å². The molecule has 6 heteroatoms. The molecule has 0 unspecified atom stereocenters. The summed E-state index contributed by atoms with van der Waals surface area (Å²) in [6.07, 6.45) is 8.67. The zero-order valence-corrected chi connectivity index (χ0v) is 11.7. The second-order valence-corrected chi connectivity index (χ2v) is 4.81. The molecule has 0 aliphatic rings. The molecular formula is C16H13N5O. The quantitative estimate of drug-likeness (QED) is 0.626. The highest BCUT2D eigenvalue weighted by Crippen LogP contribution is 2.25. The SMILES string of the molecule is c1ccc(CNc2ccnc3c(-c4ccoc4)cnn23)nc1. The molecule has 1 N–H and O–H groups in total. The number of furan rings is 1. The van der Waals surface area contributed by atoms with Crippen molar-refractivity contribution < 1.29 is 4.42 Å². The zero-order valence-electron chi connectivity index (χ0n) is 11.7. The molecule has 0 aliphatic carbocycles. The van der Waals surface area contributed by atoms with Crippen molar-refractivity contribution in [3.05, 3.63) is 67.1 Å². The van der Waals surface area contributed by atoms with Crippen molar-refractivity contribution in [3.63, 3.8) is 0 Å². The molecule has 0 spiro atoms. The van der Waals surface area contributed by atoms with Gasteiger partial charge in [0.2, 0.25) is 0 Å². The van der Waals surface area contributed by atoms with Gasteiger partial charge in [-0.05, 0) is 24.3 Å². The molecule has 0 bridgehead atoms. The first kappa shape index (κ1) is 12.6. The lowest BCUT2D eigenvalue weighted by molar-refractivity contribution is 0.568. The third kappa shape index (κ3) is 2.20. The lowest BCUT2D eigenvalue weighted by atomic mass is 10.2. The minimum Gasteiger partial charge on any atom is -0.472 e. The van der Waals surface area contributed by atoms with Crippen LogP contribution in [0.4, 0.5) is 5.82 Å². The van der Waals surface area contributed by atoms with Crippen molar-refractivity contribution >= 4 is 11.5 Å². The van der Waals surface area contributed by atoms with Crippen LogP contribution in [-0.4, -0.2) is 19.6 Å². The van der Waals surface area contributed by atoms with Gasteiger partial charge in [0.15, 0.2) is 5.65 Å². The molecule has 108 valence electrons.